The summed E-state index contributed by atoms with van der Waals surface area (Å²) in [6.45, 7) is 3.43. The Kier molecular flexibility index (Phi) is 2.74. The van der Waals surface area contributed by atoms with Crippen LogP contribution >= 0.6 is 12.6 Å². The maximum Gasteiger partial charge on any atom is 0.244 e. The van der Waals surface area contributed by atoms with E-state index in [0.717, 1.165) is 0 Å². The lowest BCUT2D eigenvalue weighted by atomic mass is 10.1. The van der Waals surface area contributed by atoms with Gasteiger partial charge in [0.1, 0.15) is 0 Å². The van der Waals surface area contributed by atoms with Crippen LogP contribution in [0.2, 0.25) is 0 Å². The van der Waals surface area contributed by atoms with Gasteiger partial charge in [-0.1, -0.05) is 23.8 Å². The number of ketones is 1. The Hall–Kier alpha value is -2.08. The number of tetrazole rings is 1. The third kappa shape index (κ3) is 1.82. The zero-order chi connectivity index (χ0) is 11.5. The van der Waals surface area contributed by atoms with Gasteiger partial charge >= 0.3 is 0 Å². The van der Waals surface area contributed by atoms with Crippen LogP contribution in [-0.2, 0) is 0 Å². The molecule has 0 fully saturated rings. The molecule has 0 amide bonds. The number of carbonyl (C=O) groups excluding carboxylic acids is 1. The van der Waals surface area contributed by atoms with Crippen LogP contribution in [-0.4, -0.2) is 26.0 Å². The van der Waals surface area contributed by atoms with Gasteiger partial charge in [0.05, 0.1) is 5.69 Å². The Balaban J connectivity index is 2.48. The zero-order valence-corrected chi connectivity index (χ0v) is 9.02. The zero-order valence-electron chi connectivity index (χ0n) is 8.20. The van der Waals surface area contributed by atoms with Gasteiger partial charge in [0.2, 0.25) is 5.16 Å². The number of nitrogens with zero attached hydrogens (tertiary/aromatic N) is 4. The molecule has 0 atom stereocenters. The minimum absolute atomic E-state index is 0.152. The summed E-state index contributed by atoms with van der Waals surface area (Å²) >= 11 is 4.93. The Morgan fingerprint density at radius 2 is 2.31 bits per heavy atom. The number of carbonyl (C=O) groups is 1. The maximum absolute atomic E-state index is 11.4. The lowest BCUT2D eigenvalue weighted by Gasteiger charge is -2.02. The molecule has 5 nitrogen and oxygen atoms in total. The van der Waals surface area contributed by atoms with E-state index in [1.165, 1.54) is 10.8 Å². The molecule has 1 heterocycles. The Bertz CT molecular complexity index is 549. The summed E-state index contributed by atoms with van der Waals surface area (Å²) in [6.07, 6.45) is 1.26. The first kappa shape index (κ1) is 10.4. The highest BCUT2D eigenvalue weighted by Gasteiger charge is 2.07. The fourth-order valence-electron chi connectivity index (χ4n) is 1.25. The molecule has 0 aliphatic carbocycles. The van der Waals surface area contributed by atoms with E-state index in [9.17, 15) is 4.79 Å². The molecule has 0 N–H and O–H groups in total. The van der Waals surface area contributed by atoms with Crippen molar-refractivity contribution in [1.29, 1.82) is 0 Å². The average molecular weight is 231 g/mol. The van der Waals surface area contributed by atoms with E-state index in [1.54, 1.807) is 24.3 Å². The number of hydrogen-bond acceptors (Lipinski definition) is 4. The highest BCUT2D eigenvalue weighted by molar-refractivity contribution is 7.80. The second-order valence-electron chi connectivity index (χ2n) is 2.99. The molecule has 1 aromatic heterocycles. The van der Waals surface area contributed by atoms with E-state index in [1.807, 2.05) is 0 Å². The van der Waals surface area contributed by atoms with E-state index >= 15 is 0 Å². The van der Waals surface area contributed by atoms with Crippen molar-refractivity contribution in [3.63, 3.8) is 0 Å². The van der Waals surface area contributed by atoms with Crippen LogP contribution in [0.3, 0.4) is 0 Å². The second-order valence-corrected chi connectivity index (χ2v) is 3.36. The van der Waals surface area contributed by atoms with Gasteiger partial charge < -0.3 is 0 Å². The normalized spacial score (nSPS) is 10.0. The van der Waals surface area contributed by atoms with Crippen molar-refractivity contribution < 1.29 is 4.79 Å². The van der Waals surface area contributed by atoms with Crippen LogP contribution in [0.1, 0.15) is 10.4 Å². The van der Waals surface area contributed by atoms with E-state index in [2.05, 4.69) is 22.1 Å². The molecule has 0 saturated heterocycles. The van der Waals surface area contributed by atoms with Crippen molar-refractivity contribution in [3.05, 3.63) is 42.5 Å². The van der Waals surface area contributed by atoms with Gasteiger partial charge in [-0.25, -0.2) is 0 Å². The van der Waals surface area contributed by atoms with Gasteiger partial charge in [-0.2, -0.15) is 4.68 Å². The van der Waals surface area contributed by atoms with Crippen molar-refractivity contribution in [2.45, 2.75) is 5.16 Å². The molecule has 2 aromatic rings. The van der Waals surface area contributed by atoms with Crippen molar-refractivity contribution in [3.8, 4) is 5.69 Å². The Labute approximate surface area is 97.2 Å². The maximum atomic E-state index is 11.4. The first-order valence-corrected chi connectivity index (χ1v) is 4.86. The topological polar surface area (TPSA) is 60.7 Å². The number of hydrogen-bond donors (Lipinski definition) is 0. The second kappa shape index (κ2) is 4.19. The summed E-state index contributed by atoms with van der Waals surface area (Å²) in [7, 11) is 0. The van der Waals surface area contributed by atoms with E-state index in [-0.39, 0.29) is 10.9 Å². The molecule has 16 heavy (non-hydrogen) atoms. The van der Waals surface area contributed by atoms with Crippen LogP contribution in [0, 0.1) is 0 Å². The number of aromatic nitrogens is 4. The number of allylic oxidation sites excluding steroid dienone is 1. The van der Waals surface area contributed by atoms with Crippen molar-refractivity contribution in [1.82, 2.24) is 20.2 Å². The van der Waals surface area contributed by atoms with Crippen molar-refractivity contribution in [2.75, 3.05) is 0 Å². The minimum atomic E-state index is -0.152. The monoisotopic (exact) mass is 231 g/mol. The van der Waals surface area contributed by atoms with Gasteiger partial charge in [-0.05, 0) is 41.3 Å². The third-order valence-electron chi connectivity index (χ3n) is 2.00. The van der Waals surface area contributed by atoms with Gasteiger partial charge in [0.15, 0.2) is 5.78 Å². The third-order valence-corrected chi connectivity index (χ3v) is 2.26. The van der Waals surface area contributed by atoms with Crippen molar-refractivity contribution >= 4 is 18.4 Å². The number of rotatable bonds is 3. The van der Waals surface area contributed by atoms with Crippen LogP contribution < -0.4 is 0 Å². The summed E-state index contributed by atoms with van der Waals surface area (Å²) in [5.41, 5.74) is 1.18. The standard InChI is InChI=1S/C10H7N4OS/c1-2-9(15)7-4-3-5-8(6-7)14-10(16)11-12-13-14/h2-6H,1H2. The predicted octanol–water partition coefficient (Wildman–Crippen LogP) is 1.59. The molecule has 0 saturated carbocycles. The average Bonchev–Trinajstić information content (AvgIpc) is 2.74. The molecule has 6 heteroatoms. The van der Waals surface area contributed by atoms with Gasteiger partial charge in [-0.15, -0.1) is 0 Å². The van der Waals surface area contributed by atoms with Crippen molar-refractivity contribution in [2.24, 2.45) is 0 Å². The lowest BCUT2D eigenvalue weighted by molar-refractivity contribution is 0.104. The molecule has 0 bridgehead atoms. The molecule has 0 unspecified atom stereocenters. The van der Waals surface area contributed by atoms with Gasteiger partial charge in [-0.3, -0.25) is 4.79 Å². The van der Waals surface area contributed by atoms with Crippen LogP contribution in [0.5, 0.6) is 0 Å². The minimum Gasteiger partial charge on any atom is -0.289 e. The van der Waals surface area contributed by atoms with Gasteiger partial charge in [0, 0.05) is 5.56 Å². The Morgan fingerprint density at radius 3 is 2.94 bits per heavy atom. The SMILES string of the molecule is C=CC(=O)c1cccc(-n2nnnc2[S])c1. The van der Waals surface area contributed by atoms with Crippen LogP contribution in [0.25, 0.3) is 5.69 Å². The first-order valence-electron chi connectivity index (χ1n) is 4.45. The van der Waals surface area contributed by atoms with E-state index < -0.39 is 0 Å². The molecule has 0 aliphatic heterocycles. The Morgan fingerprint density at radius 1 is 1.50 bits per heavy atom. The fraction of sp³-hybridized carbons (Fsp3) is 0. The summed E-state index contributed by atoms with van der Waals surface area (Å²) < 4.78 is 1.38. The van der Waals surface area contributed by atoms with E-state index in [0.29, 0.717) is 11.3 Å². The highest BCUT2D eigenvalue weighted by Crippen LogP contribution is 2.13. The summed E-state index contributed by atoms with van der Waals surface area (Å²) in [4.78, 5) is 11.4. The van der Waals surface area contributed by atoms with Crippen LogP contribution in [0.15, 0.2) is 42.1 Å². The largest absolute Gasteiger partial charge is 0.289 e. The number of benzene rings is 1. The predicted molar refractivity (Wildman–Crippen MR) is 59.5 cm³/mol. The van der Waals surface area contributed by atoms with E-state index in [4.69, 9.17) is 12.6 Å². The first-order chi connectivity index (χ1) is 7.72. The van der Waals surface area contributed by atoms with Gasteiger partial charge in [0.25, 0.3) is 0 Å². The summed E-state index contributed by atoms with van der Waals surface area (Å²) in [5.74, 6) is -0.152. The molecule has 0 aliphatic rings. The molecule has 2 rings (SSSR count). The molecule has 79 valence electrons. The molecule has 1 radical (unpaired) electrons. The smallest absolute Gasteiger partial charge is 0.244 e. The lowest BCUT2D eigenvalue weighted by Crippen LogP contribution is -2.00. The molecule has 0 spiro atoms. The quantitative estimate of drug-likeness (QED) is 0.594. The van der Waals surface area contributed by atoms with Crippen LogP contribution in [0.4, 0.5) is 0 Å². The molecule has 1 aromatic carbocycles. The summed E-state index contributed by atoms with van der Waals surface area (Å²) in [6, 6.07) is 6.87. The highest BCUT2D eigenvalue weighted by atomic mass is 32.1. The molecular weight excluding hydrogens is 224 g/mol. The fourth-order valence-corrected chi connectivity index (χ4v) is 1.43. The molecular formula is C10H7N4OS. The summed E-state index contributed by atoms with van der Waals surface area (Å²) in [5, 5.41) is 11.0.